The van der Waals surface area contributed by atoms with E-state index in [1.165, 1.54) is 0 Å². The molecule has 0 aliphatic rings. The van der Waals surface area contributed by atoms with Gasteiger partial charge in [-0.15, -0.1) is 23.2 Å². The number of carboxylic acids is 1. The molecule has 0 aliphatic heterocycles. The molecule has 0 saturated heterocycles. The Kier molecular flexibility index (Phi) is 5.00. The highest BCUT2D eigenvalue weighted by molar-refractivity contribution is 6.57. The van der Waals surface area contributed by atoms with Crippen molar-refractivity contribution in [2.45, 2.75) is 28.4 Å². The lowest BCUT2D eigenvalue weighted by molar-refractivity contribution is -0.137. The van der Waals surface area contributed by atoms with E-state index in [9.17, 15) is 4.79 Å². The summed E-state index contributed by atoms with van der Waals surface area (Å²) in [5.41, 5.74) is 0. The predicted octanol–water partition coefficient (Wildman–Crippen LogP) is 2.87. The van der Waals surface area contributed by atoms with Crippen molar-refractivity contribution < 1.29 is 9.90 Å². The fraction of sp³-hybridized carbons (Fsp3) is 0.833. The summed E-state index contributed by atoms with van der Waals surface area (Å²) in [5, 5.41) is 7.58. The van der Waals surface area contributed by atoms with E-state index in [1.807, 2.05) is 0 Å². The van der Waals surface area contributed by atoms with Gasteiger partial charge in [-0.2, -0.15) is 0 Å². The Morgan fingerprint density at radius 1 is 1.50 bits per heavy atom. The molecule has 0 radical (unpaired) electrons. The molecule has 6 heteroatoms. The Labute approximate surface area is 90.7 Å². The van der Waals surface area contributed by atoms with E-state index in [0.29, 0.717) is 0 Å². The zero-order valence-electron chi connectivity index (χ0n) is 6.23. The average Bonchev–Trinajstić information content (AvgIpc) is 1.85. The van der Waals surface area contributed by atoms with Crippen molar-refractivity contribution in [1.29, 1.82) is 0 Å². The Morgan fingerprint density at radius 2 is 1.92 bits per heavy atom. The van der Waals surface area contributed by atoms with Gasteiger partial charge in [-0.1, -0.05) is 23.2 Å². The van der Waals surface area contributed by atoms with Gasteiger partial charge in [-0.25, -0.2) is 4.79 Å². The number of carbonyl (C=O) groups is 1. The third-order valence-corrected chi connectivity index (χ3v) is 2.86. The number of rotatable bonds is 4. The topological polar surface area (TPSA) is 37.3 Å². The largest absolute Gasteiger partial charge is 0.479 e. The summed E-state index contributed by atoms with van der Waals surface area (Å²) in [7, 11) is 0. The van der Waals surface area contributed by atoms with E-state index >= 15 is 0 Å². The fourth-order valence-electron chi connectivity index (χ4n) is 0.495. The van der Waals surface area contributed by atoms with E-state index in [-0.39, 0.29) is 11.8 Å². The molecule has 0 aromatic carbocycles. The summed E-state index contributed by atoms with van der Waals surface area (Å²) in [6.07, 6.45) is -0.0856. The summed E-state index contributed by atoms with van der Waals surface area (Å²) in [4.78, 5) is 10.4. The SMILES string of the molecule is CC(Cl)C(Cl)CC(Cl)(Cl)C(=O)O. The van der Waals surface area contributed by atoms with E-state index in [1.54, 1.807) is 6.92 Å². The van der Waals surface area contributed by atoms with Crippen LogP contribution in [0, 0.1) is 0 Å². The minimum absolute atomic E-state index is 0.0856. The predicted molar refractivity (Wildman–Crippen MR) is 51.6 cm³/mol. The first kappa shape index (κ1) is 12.6. The maximum absolute atomic E-state index is 10.4. The summed E-state index contributed by atoms with van der Waals surface area (Å²) in [6, 6.07) is 0. The van der Waals surface area contributed by atoms with Crippen molar-refractivity contribution in [2.75, 3.05) is 0 Å². The molecule has 2 atom stereocenters. The van der Waals surface area contributed by atoms with Gasteiger partial charge in [-0.05, 0) is 6.92 Å². The van der Waals surface area contributed by atoms with Crippen LogP contribution in [0.5, 0.6) is 0 Å². The van der Waals surface area contributed by atoms with Gasteiger partial charge in [0.15, 0.2) is 0 Å². The normalized spacial score (nSPS) is 17.1. The number of carboxylic acid groups (broad SMARTS) is 1. The van der Waals surface area contributed by atoms with Crippen LogP contribution in [0.3, 0.4) is 0 Å². The summed E-state index contributed by atoms with van der Waals surface area (Å²) >= 11 is 22.1. The number of hydrogen-bond acceptors (Lipinski definition) is 1. The highest BCUT2D eigenvalue weighted by atomic mass is 35.5. The molecule has 0 spiro atoms. The molecule has 2 unspecified atom stereocenters. The number of halogens is 4. The Balaban J connectivity index is 4.15. The van der Waals surface area contributed by atoms with Gasteiger partial charge in [0, 0.05) is 11.8 Å². The zero-order valence-corrected chi connectivity index (χ0v) is 9.25. The first-order valence-corrected chi connectivity index (χ1v) is 4.79. The lowest BCUT2D eigenvalue weighted by Gasteiger charge is -2.19. The van der Waals surface area contributed by atoms with Crippen LogP contribution < -0.4 is 0 Å². The maximum Gasteiger partial charge on any atom is 0.340 e. The van der Waals surface area contributed by atoms with Crippen molar-refractivity contribution in [3.05, 3.63) is 0 Å². The van der Waals surface area contributed by atoms with Gasteiger partial charge in [-0.3, -0.25) is 0 Å². The van der Waals surface area contributed by atoms with Gasteiger partial charge in [0.25, 0.3) is 0 Å². The number of alkyl halides is 4. The molecule has 1 N–H and O–H groups in total. The highest BCUT2D eigenvalue weighted by Gasteiger charge is 2.36. The molecule has 0 aromatic rings. The van der Waals surface area contributed by atoms with E-state index in [2.05, 4.69) is 0 Å². The average molecular weight is 254 g/mol. The van der Waals surface area contributed by atoms with Crippen LogP contribution in [-0.4, -0.2) is 26.2 Å². The number of hydrogen-bond donors (Lipinski definition) is 1. The Hall–Kier alpha value is 0.630. The molecule has 72 valence electrons. The second kappa shape index (κ2) is 4.75. The maximum atomic E-state index is 10.4. The minimum Gasteiger partial charge on any atom is -0.479 e. The van der Waals surface area contributed by atoms with Crippen LogP contribution in [-0.2, 0) is 4.79 Å². The van der Waals surface area contributed by atoms with Crippen LogP contribution >= 0.6 is 46.4 Å². The zero-order chi connectivity index (χ0) is 9.94. The van der Waals surface area contributed by atoms with Crippen molar-refractivity contribution in [1.82, 2.24) is 0 Å². The first-order valence-electron chi connectivity index (χ1n) is 3.16. The summed E-state index contributed by atoms with van der Waals surface area (Å²) < 4.78 is -1.85. The molecule has 0 aliphatic carbocycles. The van der Waals surface area contributed by atoms with Gasteiger partial charge >= 0.3 is 5.97 Å². The smallest absolute Gasteiger partial charge is 0.340 e. The molecular weight excluding hydrogens is 246 g/mol. The number of aliphatic carboxylic acids is 1. The van der Waals surface area contributed by atoms with Crippen LogP contribution in [0.2, 0.25) is 0 Å². The molecule has 0 heterocycles. The second-order valence-corrected chi connectivity index (χ2v) is 5.14. The first-order chi connectivity index (χ1) is 5.27. The van der Waals surface area contributed by atoms with Crippen LogP contribution in [0.25, 0.3) is 0 Å². The van der Waals surface area contributed by atoms with Crippen molar-refractivity contribution in [3.63, 3.8) is 0 Å². The third kappa shape index (κ3) is 4.04. The summed E-state index contributed by atoms with van der Waals surface area (Å²) in [6.45, 7) is 1.64. The third-order valence-electron chi connectivity index (χ3n) is 1.26. The van der Waals surface area contributed by atoms with Crippen molar-refractivity contribution in [2.24, 2.45) is 0 Å². The Morgan fingerprint density at radius 3 is 2.17 bits per heavy atom. The molecular formula is C6H8Cl4O2. The second-order valence-electron chi connectivity index (χ2n) is 2.41. The van der Waals surface area contributed by atoms with Gasteiger partial charge < -0.3 is 5.11 Å². The van der Waals surface area contributed by atoms with Crippen LogP contribution in [0.1, 0.15) is 13.3 Å². The molecule has 0 fully saturated rings. The van der Waals surface area contributed by atoms with E-state index in [4.69, 9.17) is 51.5 Å². The van der Waals surface area contributed by atoms with E-state index < -0.39 is 15.7 Å². The fourth-order valence-corrected chi connectivity index (χ4v) is 1.31. The van der Waals surface area contributed by atoms with Crippen molar-refractivity contribution in [3.8, 4) is 0 Å². The monoisotopic (exact) mass is 252 g/mol. The van der Waals surface area contributed by atoms with Gasteiger partial charge in [0.05, 0.1) is 5.38 Å². The molecule has 0 rings (SSSR count). The molecule has 12 heavy (non-hydrogen) atoms. The summed E-state index contributed by atoms with van der Waals surface area (Å²) in [5.74, 6) is -1.31. The van der Waals surface area contributed by atoms with Crippen molar-refractivity contribution >= 4 is 52.4 Å². The molecule has 2 nitrogen and oxygen atoms in total. The lowest BCUT2D eigenvalue weighted by atomic mass is 10.2. The quantitative estimate of drug-likeness (QED) is 0.783. The van der Waals surface area contributed by atoms with Crippen LogP contribution in [0.15, 0.2) is 0 Å². The Bertz CT molecular complexity index is 169. The van der Waals surface area contributed by atoms with Gasteiger partial charge in [0.2, 0.25) is 4.33 Å². The molecule has 0 bridgehead atoms. The minimum atomic E-state index is -1.85. The highest BCUT2D eigenvalue weighted by Crippen LogP contribution is 2.31. The van der Waals surface area contributed by atoms with Gasteiger partial charge in [0.1, 0.15) is 0 Å². The lowest BCUT2D eigenvalue weighted by Crippen LogP contribution is -2.31. The molecule has 0 saturated carbocycles. The molecule has 0 amide bonds. The van der Waals surface area contributed by atoms with E-state index in [0.717, 1.165) is 0 Å². The standard InChI is InChI=1S/C6H8Cl4O2/c1-3(7)4(8)2-6(9,10)5(11)12/h3-4H,2H2,1H3,(H,11,12). The molecule has 0 aromatic heterocycles. The van der Waals surface area contributed by atoms with Crippen LogP contribution in [0.4, 0.5) is 0 Å².